The summed E-state index contributed by atoms with van der Waals surface area (Å²) < 4.78 is 104. The summed E-state index contributed by atoms with van der Waals surface area (Å²) in [5.41, 5.74) is 0. The summed E-state index contributed by atoms with van der Waals surface area (Å²) in [5.74, 6) is 0. The summed E-state index contributed by atoms with van der Waals surface area (Å²) in [6.07, 6.45) is -4.60. The Morgan fingerprint density at radius 1 is 0.279 bits per heavy atom. The van der Waals surface area contributed by atoms with Crippen LogP contribution >= 0.6 is 21.7 Å². The van der Waals surface area contributed by atoms with Crippen LogP contribution in [0.2, 0.25) is 0 Å². The van der Waals surface area contributed by atoms with Crippen LogP contribution in [-0.2, 0) is 0 Å². The van der Waals surface area contributed by atoms with Crippen LogP contribution in [0.5, 0.6) is 0 Å². The molecule has 226 valence electrons. The number of benzene rings is 5. The van der Waals surface area contributed by atoms with Crippen molar-refractivity contribution < 1.29 is 25.2 Å². The van der Waals surface area contributed by atoms with Gasteiger partial charge in [0.15, 0.2) is 0 Å². The van der Waals surface area contributed by atoms with Crippen LogP contribution in [-0.4, -0.2) is 24.6 Å². The van der Waals surface area contributed by atoms with E-state index in [1.165, 1.54) is 121 Å². The zero-order valence-electron chi connectivity index (χ0n) is 23.4. The Morgan fingerprint density at radius 2 is 0.488 bits per heavy atom. The average molecular weight is 649 g/mol. The molecule has 0 bridgehead atoms. The molecule has 0 nitrogen and oxygen atoms in total. The predicted octanol–water partition coefficient (Wildman–Crippen LogP) is 9.58. The van der Waals surface area contributed by atoms with Gasteiger partial charge in [0.2, 0.25) is 0 Å². The third kappa shape index (κ3) is 5.91. The van der Waals surface area contributed by atoms with E-state index in [1.807, 2.05) is 0 Å². The van der Waals surface area contributed by atoms with Crippen LogP contribution < -0.4 is 26.5 Å². The molecule has 5 rings (SSSR count). The van der Waals surface area contributed by atoms with Crippen molar-refractivity contribution in [1.29, 1.82) is 0 Å². The molecular formula is C34H33F6P3. The second kappa shape index (κ2) is 11.2. The van der Waals surface area contributed by atoms with Crippen molar-refractivity contribution in [1.82, 2.24) is 0 Å². The maximum absolute atomic E-state index is 17.5. The molecule has 0 aliphatic heterocycles. The van der Waals surface area contributed by atoms with Gasteiger partial charge < -0.3 is 0 Å². The zero-order valence-corrected chi connectivity index (χ0v) is 26.1. The van der Waals surface area contributed by atoms with Gasteiger partial charge in [0, 0.05) is 0 Å². The van der Waals surface area contributed by atoms with E-state index in [0.29, 0.717) is 0 Å². The molecule has 0 N–H and O–H groups in total. The molecule has 9 heteroatoms. The van der Waals surface area contributed by atoms with Crippen LogP contribution in [0, 0.1) is 0 Å². The Labute approximate surface area is 249 Å². The molecule has 0 amide bonds. The van der Waals surface area contributed by atoms with Gasteiger partial charge >= 0.3 is 250 Å². The normalized spacial score (nSPS) is 15.3. The van der Waals surface area contributed by atoms with E-state index in [0.717, 1.165) is 0 Å². The van der Waals surface area contributed by atoms with Crippen molar-refractivity contribution >= 4 is 48.2 Å². The first-order chi connectivity index (χ1) is 20.3. The van der Waals surface area contributed by atoms with E-state index in [2.05, 4.69) is 0 Å². The maximum atomic E-state index is 17.5. The molecule has 0 aromatic heterocycles. The quantitative estimate of drug-likeness (QED) is 0.0989. The van der Waals surface area contributed by atoms with Gasteiger partial charge in [0.05, 0.1) is 0 Å². The van der Waals surface area contributed by atoms with Crippen molar-refractivity contribution in [3.8, 4) is 0 Å². The van der Waals surface area contributed by atoms with Crippen molar-refractivity contribution in [3.05, 3.63) is 152 Å². The predicted molar refractivity (Wildman–Crippen MR) is 177 cm³/mol. The first-order valence-electron chi connectivity index (χ1n) is 14.0. The molecule has 0 spiro atoms. The molecule has 0 radical (unpaired) electrons. The molecule has 0 fully saturated rings. The van der Waals surface area contributed by atoms with Gasteiger partial charge in [0.1, 0.15) is 0 Å². The fourth-order valence-electron chi connectivity index (χ4n) is 5.56. The molecular weight excluding hydrogens is 615 g/mol. The second-order valence-corrected chi connectivity index (χ2v) is 22.1. The van der Waals surface area contributed by atoms with E-state index >= 15 is 25.2 Å². The first-order valence-corrected chi connectivity index (χ1v) is 20.7. The third-order valence-corrected chi connectivity index (χ3v) is 19.8. The molecule has 0 heterocycles. The summed E-state index contributed by atoms with van der Waals surface area (Å²) in [7, 11) is -18.7. The van der Waals surface area contributed by atoms with E-state index in [1.54, 1.807) is 30.3 Å². The van der Waals surface area contributed by atoms with Gasteiger partial charge in [-0.1, -0.05) is 0 Å². The Hall–Kier alpha value is -3.03. The van der Waals surface area contributed by atoms with Crippen molar-refractivity contribution in [2.24, 2.45) is 0 Å². The Morgan fingerprint density at radius 3 is 0.721 bits per heavy atom. The third-order valence-electron chi connectivity index (χ3n) is 8.23. The minimum atomic E-state index is -6.38. The van der Waals surface area contributed by atoms with Crippen molar-refractivity contribution in [2.75, 3.05) is 24.6 Å². The molecule has 0 aliphatic rings. The van der Waals surface area contributed by atoms with Crippen LogP contribution in [0.1, 0.15) is 0 Å². The van der Waals surface area contributed by atoms with Crippen LogP contribution in [0.25, 0.3) is 0 Å². The van der Waals surface area contributed by atoms with Crippen molar-refractivity contribution in [3.63, 3.8) is 0 Å². The molecule has 0 atom stereocenters. The number of halogens is 6. The molecule has 5 aromatic rings. The SMILES string of the molecule is FP(F)(CCP(F)(F)(c1ccccc1)c1ccccc1)(CCP(F)(F)(c1ccccc1)c1ccccc1)c1ccccc1. The van der Waals surface area contributed by atoms with Gasteiger partial charge in [-0.05, 0) is 0 Å². The van der Waals surface area contributed by atoms with Gasteiger partial charge in [-0.2, -0.15) is 0 Å². The van der Waals surface area contributed by atoms with Gasteiger partial charge in [0.25, 0.3) is 0 Å². The van der Waals surface area contributed by atoms with Crippen LogP contribution in [0.15, 0.2) is 152 Å². The molecule has 0 unspecified atom stereocenters. The van der Waals surface area contributed by atoms with Crippen LogP contribution in [0.3, 0.4) is 0 Å². The van der Waals surface area contributed by atoms with Gasteiger partial charge in [-0.3, -0.25) is 0 Å². The second-order valence-electron chi connectivity index (χ2n) is 11.0. The fourth-order valence-corrected chi connectivity index (χ4v) is 17.7. The van der Waals surface area contributed by atoms with Gasteiger partial charge in [-0.15, -0.1) is 0 Å². The number of hydrogen-bond donors (Lipinski definition) is 0. The Balaban J connectivity index is 1.62. The van der Waals surface area contributed by atoms with E-state index in [9.17, 15) is 0 Å². The summed E-state index contributed by atoms with van der Waals surface area (Å²) in [6.45, 7) is 0. The van der Waals surface area contributed by atoms with Gasteiger partial charge in [-0.25, -0.2) is 0 Å². The molecule has 5 aromatic carbocycles. The average Bonchev–Trinajstić information content (AvgIpc) is 3.06. The summed E-state index contributed by atoms with van der Waals surface area (Å²) in [6, 6.07) is 35.1. The fraction of sp³-hybridized carbons (Fsp3) is 0.118. The standard InChI is InChI=1S/C34H33F6P3/c35-41(36,30-16-6-1-7-17-30,26-28-42(37,38,31-18-8-2-9-19-31)32-20-10-3-11-21-32)27-29-43(39,40,33-22-12-4-13-23-33)34-24-14-5-15-25-34/h1-25H,26-29H2. The molecule has 0 saturated heterocycles. The summed E-state index contributed by atoms with van der Waals surface area (Å²) in [5, 5.41) is -1.61. The zero-order chi connectivity index (χ0) is 30.7. The number of hydrogen-bond acceptors (Lipinski definition) is 0. The summed E-state index contributed by atoms with van der Waals surface area (Å²) in [4.78, 5) is 0. The summed E-state index contributed by atoms with van der Waals surface area (Å²) >= 11 is 0. The molecule has 0 saturated carbocycles. The molecule has 43 heavy (non-hydrogen) atoms. The minimum absolute atomic E-state index is 0.296. The molecule has 0 aliphatic carbocycles. The number of rotatable bonds is 11. The first kappa shape index (κ1) is 31.4. The Kier molecular flexibility index (Phi) is 8.14. The van der Waals surface area contributed by atoms with E-state index in [4.69, 9.17) is 0 Å². The Bertz CT molecular complexity index is 1470. The van der Waals surface area contributed by atoms with E-state index < -0.39 is 51.6 Å². The monoisotopic (exact) mass is 648 g/mol. The van der Waals surface area contributed by atoms with E-state index in [-0.39, 0.29) is 21.2 Å². The van der Waals surface area contributed by atoms with Crippen molar-refractivity contribution in [2.45, 2.75) is 0 Å². The topological polar surface area (TPSA) is 0 Å². The van der Waals surface area contributed by atoms with Crippen LogP contribution in [0.4, 0.5) is 25.2 Å².